The highest BCUT2D eigenvalue weighted by molar-refractivity contribution is 6.35. The van der Waals surface area contributed by atoms with Crippen LogP contribution in [-0.4, -0.2) is 29.0 Å². The molecule has 1 atom stereocenters. The number of alkyl halides is 3. The molecular weight excluding hydrogens is 295 g/mol. The average molecular weight is 306 g/mol. The number of fused-ring (bicyclic) bond motifs is 1. The number of pyridine rings is 1. The Hall–Kier alpha value is -1.53. The second kappa shape index (κ2) is 5.85. The van der Waals surface area contributed by atoms with E-state index in [1.165, 1.54) is 12.3 Å². The molecule has 0 aliphatic rings. The Kier molecular flexibility index (Phi) is 4.35. The van der Waals surface area contributed by atoms with Gasteiger partial charge in [0, 0.05) is 11.6 Å². The Labute approximate surface area is 118 Å². The zero-order chi connectivity index (χ0) is 14.8. The molecule has 0 saturated heterocycles. The zero-order valence-electron chi connectivity index (χ0n) is 10.2. The van der Waals surface area contributed by atoms with Gasteiger partial charge in [0.15, 0.2) is 0 Å². The molecule has 0 aliphatic heterocycles. The molecule has 0 saturated carbocycles. The van der Waals surface area contributed by atoms with E-state index in [-0.39, 0.29) is 5.75 Å². The molecule has 0 spiro atoms. The molecule has 0 aliphatic carbocycles. The molecule has 0 unspecified atom stereocenters. The molecule has 1 aromatic heterocycles. The Morgan fingerprint density at radius 1 is 1.30 bits per heavy atom. The maximum atomic E-state index is 12.1. The fourth-order valence-corrected chi connectivity index (χ4v) is 1.96. The Balaban J connectivity index is 2.13. The third-order valence-corrected chi connectivity index (χ3v) is 2.91. The van der Waals surface area contributed by atoms with Crippen molar-refractivity contribution < 1.29 is 23.0 Å². The van der Waals surface area contributed by atoms with Gasteiger partial charge in [-0.3, -0.25) is 4.98 Å². The molecule has 2 aromatic rings. The minimum absolute atomic E-state index is 0.284. The van der Waals surface area contributed by atoms with E-state index in [0.29, 0.717) is 15.9 Å². The molecule has 1 heterocycles. The lowest BCUT2D eigenvalue weighted by Gasteiger charge is -2.15. The van der Waals surface area contributed by atoms with Gasteiger partial charge < -0.3 is 9.84 Å². The topological polar surface area (TPSA) is 42.4 Å². The SMILES string of the molecule is O[C@H](COc1ccc(Cl)c2cccnc12)CC(F)(F)F. The van der Waals surface area contributed by atoms with Crippen LogP contribution in [0, 0.1) is 0 Å². The van der Waals surface area contributed by atoms with Crippen molar-refractivity contribution in [3.8, 4) is 5.75 Å². The van der Waals surface area contributed by atoms with Crippen LogP contribution < -0.4 is 4.74 Å². The number of benzene rings is 1. The van der Waals surface area contributed by atoms with Crippen molar-refractivity contribution in [2.75, 3.05) is 6.61 Å². The summed E-state index contributed by atoms with van der Waals surface area (Å²) in [7, 11) is 0. The van der Waals surface area contributed by atoms with Crippen molar-refractivity contribution in [1.29, 1.82) is 0 Å². The summed E-state index contributed by atoms with van der Waals surface area (Å²) in [5.41, 5.74) is 0.444. The lowest BCUT2D eigenvalue weighted by Crippen LogP contribution is -2.25. The van der Waals surface area contributed by atoms with Gasteiger partial charge in [0.2, 0.25) is 0 Å². The standard InChI is InChI=1S/C13H11ClF3NO2/c14-10-3-4-11(12-9(10)2-1-5-18-12)20-7-8(19)6-13(15,16)17/h1-5,8,19H,6-7H2/t8-/m0/s1. The number of aromatic nitrogens is 1. The normalized spacial score (nSPS) is 13.4. The maximum Gasteiger partial charge on any atom is 0.391 e. The van der Waals surface area contributed by atoms with Crippen molar-refractivity contribution in [1.82, 2.24) is 4.98 Å². The lowest BCUT2D eigenvalue weighted by molar-refractivity contribution is -0.156. The maximum absolute atomic E-state index is 12.1. The predicted octanol–water partition coefficient (Wildman–Crippen LogP) is 3.58. The van der Waals surface area contributed by atoms with E-state index in [4.69, 9.17) is 16.3 Å². The fourth-order valence-electron chi connectivity index (χ4n) is 1.74. The van der Waals surface area contributed by atoms with E-state index in [2.05, 4.69) is 4.98 Å². The number of ether oxygens (including phenoxy) is 1. The van der Waals surface area contributed by atoms with Crippen molar-refractivity contribution >= 4 is 22.5 Å². The van der Waals surface area contributed by atoms with Crippen molar-refractivity contribution in [2.24, 2.45) is 0 Å². The van der Waals surface area contributed by atoms with Crippen LogP contribution in [0.4, 0.5) is 13.2 Å². The van der Waals surface area contributed by atoms with Crippen molar-refractivity contribution in [3.63, 3.8) is 0 Å². The van der Waals surface area contributed by atoms with Gasteiger partial charge in [-0.15, -0.1) is 0 Å². The molecular formula is C13H11ClF3NO2. The van der Waals surface area contributed by atoms with Crippen LogP contribution in [0.2, 0.25) is 5.02 Å². The number of nitrogens with zero attached hydrogens (tertiary/aromatic N) is 1. The number of hydrogen-bond acceptors (Lipinski definition) is 3. The first-order valence-corrected chi connectivity index (χ1v) is 6.15. The molecule has 0 radical (unpaired) electrons. The van der Waals surface area contributed by atoms with Crippen LogP contribution in [-0.2, 0) is 0 Å². The fraction of sp³-hybridized carbons (Fsp3) is 0.308. The molecule has 0 amide bonds. The summed E-state index contributed by atoms with van der Waals surface area (Å²) in [5.74, 6) is 0.284. The minimum atomic E-state index is -4.43. The second-order valence-corrected chi connectivity index (χ2v) is 4.64. The summed E-state index contributed by atoms with van der Waals surface area (Å²) >= 11 is 5.99. The summed E-state index contributed by atoms with van der Waals surface area (Å²) in [6.45, 7) is -0.465. The lowest BCUT2D eigenvalue weighted by atomic mass is 10.2. The molecule has 7 heteroatoms. The molecule has 108 valence electrons. The van der Waals surface area contributed by atoms with E-state index in [1.807, 2.05) is 0 Å². The van der Waals surface area contributed by atoms with Gasteiger partial charge >= 0.3 is 6.18 Å². The number of hydrogen-bond donors (Lipinski definition) is 1. The predicted molar refractivity (Wildman–Crippen MR) is 68.9 cm³/mol. The first-order chi connectivity index (χ1) is 9.37. The molecule has 0 bridgehead atoms. The number of rotatable bonds is 4. The number of halogens is 4. The first-order valence-electron chi connectivity index (χ1n) is 5.77. The summed E-state index contributed by atoms with van der Waals surface area (Å²) in [6.07, 6.45) is -5.84. The Bertz CT molecular complexity index is 604. The Morgan fingerprint density at radius 3 is 2.75 bits per heavy atom. The number of aliphatic hydroxyl groups excluding tert-OH is 1. The Morgan fingerprint density at radius 2 is 2.05 bits per heavy atom. The second-order valence-electron chi connectivity index (χ2n) is 4.23. The van der Waals surface area contributed by atoms with Crippen molar-refractivity contribution in [2.45, 2.75) is 18.7 Å². The minimum Gasteiger partial charge on any atom is -0.489 e. The quantitative estimate of drug-likeness (QED) is 0.939. The molecule has 1 aromatic carbocycles. The van der Waals surface area contributed by atoms with Gasteiger partial charge in [-0.1, -0.05) is 11.6 Å². The third-order valence-electron chi connectivity index (χ3n) is 2.58. The van der Waals surface area contributed by atoms with E-state index in [1.54, 1.807) is 18.2 Å². The van der Waals surface area contributed by atoms with Gasteiger partial charge in [0.25, 0.3) is 0 Å². The van der Waals surface area contributed by atoms with E-state index < -0.39 is 25.3 Å². The molecule has 3 nitrogen and oxygen atoms in total. The largest absolute Gasteiger partial charge is 0.489 e. The molecule has 0 fully saturated rings. The monoisotopic (exact) mass is 305 g/mol. The van der Waals surface area contributed by atoms with Crippen LogP contribution in [0.5, 0.6) is 5.75 Å². The molecule has 2 rings (SSSR count). The van der Waals surface area contributed by atoms with Crippen LogP contribution in [0.25, 0.3) is 10.9 Å². The smallest absolute Gasteiger partial charge is 0.391 e. The average Bonchev–Trinajstić information content (AvgIpc) is 2.36. The van der Waals surface area contributed by atoms with Crippen LogP contribution in [0.1, 0.15) is 6.42 Å². The van der Waals surface area contributed by atoms with Gasteiger partial charge in [-0.05, 0) is 24.3 Å². The van der Waals surface area contributed by atoms with Crippen LogP contribution in [0.15, 0.2) is 30.5 Å². The molecule has 20 heavy (non-hydrogen) atoms. The summed E-state index contributed by atoms with van der Waals surface area (Å²) in [5, 5.41) is 10.4. The molecule has 1 N–H and O–H groups in total. The van der Waals surface area contributed by atoms with Gasteiger partial charge in [-0.2, -0.15) is 13.2 Å². The third kappa shape index (κ3) is 3.74. The van der Waals surface area contributed by atoms with E-state index >= 15 is 0 Å². The van der Waals surface area contributed by atoms with Crippen molar-refractivity contribution in [3.05, 3.63) is 35.5 Å². The van der Waals surface area contributed by atoms with E-state index in [0.717, 1.165) is 0 Å². The van der Waals surface area contributed by atoms with Gasteiger partial charge in [0.1, 0.15) is 17.9 Å². The van der Waals surface area contributed by atoms with Crippen LogP contribution >= 0.6 is 11.6 Å². The number of aliphatic hydroxyl groups is 1. The van der Waals surface area contributed by atoms with Gasteiger partial charge in [-0.25, -0.2) is 0 Å². The summed E-state index contributed by atoms with van der Waals surface area (Å²) in [4.78, 5) is 4.08. The highest BCUT2D eigenvalue weighted by Gasteiger charge is 2.31. The highest BCUT2D eigenvalue weighted by Crippen LogP contribution is 2.30. The van der Waals surface area contributed by atoms with Crippen LogP contribution in [0.3, 0.4) is 0 Å². The van der Waals surface area contributed by atoms with E-state index in [9.17, 15) is 18.3 Å². The highest BCUT2D eigenvalue weighted by atomic mass is 35.5. The van der Waals surface area contributed by atoms with Gasteiger partial charge in [0.05, 0.1) is 17.5 Å². The summed E-state index contributed by atoms with van der Waals surface area (Å²) in [6, 6.07) is 6.50. The zero-order valence-corrected chi connectivity index (χ0v) is 10.9. The summed E-state index contributed by atoms with van der Waals surface area (Å²) < 4.78 is 41.5. The first kappa shape index (κ1) is 14.9.